The van der Waals surface area contributed by atoms with Crippen molar-refractivity contribution in [1.29, 1.82) is 0 Å². The summed E-state index contributed by atoms with van der Waals surface area (Å²) in [6, 6.07) is 10.7. The number of rotatable bonds is 4. The minimum atomic E-state index is 0.160. The monoisotopic (exact) mass is 231 g/mol. The maximum Gasteiger partial charge on any atom is 0.220 e. The highest BCUT2D eigenvalue weighted by atomic mass is 16.2. The molecule has 1 aromatic rings. The number of carbonyl (C=O) groups excluding carboxylic acids is 1. The predicted octanol–water partition coefficient (Wildman–Crippen LogP) is 2.92. The molecule has 1 heterocycles. The molecule has 0 aliphatic carbocycles. The topological polar surface area (TPSA) is 29.1 Å². The summed E-state index contributed by atoms with van der Waals surface area (Å²) >= 11 is 0. The van der Waals surface area contributed by atoms with Crippen molar-refractivity contribution >= 4 is 5.91 Å². The molecule has 1 aliphatic rings. The van der Waals surface area contributed by atoms with Gasteiger partial charge in [-0.1, -0.05) is 44.2 Å². The second-order valence-corrected chi connectivity index (χ2v) is 5.06. The number of amides is 1. The van der Waals surface area contributed by atoms with E-state index in [1.165, 1.54) is 5.56 Å². The fourth-order valence-electron chi connectivity index (χ4n) is 2.95. The van der Waals surface area contributed by atoms with Crippen LogP contribution in [-0.4, -0.2) is 11.9 Å². The summed E-state index contributed by atoms with van der Waals surface area (Å²) in [5, 5.41) is 3.16. The van der Waals surface area contributed by atoms with Crippen molar-refractivity contribution in [2.24, 2.45) is 5.41 Å². The Morgan fingerprint density at radius 3 is 2.47 bits per heavy atom. The van der Waals surface area contributed by atoms with Crippen LogP contribution in [0.5, 0.6) is 0 Å². The molecule has 1 N–H and O–H groups in total. The average molecular weight is 231 g/mol. The second-order valence-electron chi connectivity index (χ2n) is 5.06. The Morgan fingerprint density at radius 1 is 1.24 bits per heavy atom. The van der Waals surface area contributed by atoms with Crippen molar-refractivity contribution in [3.63, 3.8) is 0 Å². The quantitative estimate of drug-likeness (QED) is 0.848. The Hall–Kier alpha value is -1.31. The first-order valence-electron chi connectivity index (χ1n) is 6.53. The molecule has 1 atom stereocenters. The molecule has 1 saturated heterocycles. The zero-order valence-corrected chi connectivity index (χ0v) is 10.7. The first kappa shape index (κ1) is 12.2. The lowest BCUT2D eigenvalue weighted by atomic mass is 9.74. The number of benzene rings is 1. The summed E-state index contributed by atoms with van der Waals surface area (Å²) in [6.45, 7) is 4.39. The lowest BCUT2D eigenvalue weighted by Gasteiger charge is -2.32. The third-order valence-electron chi connectivity index (χ3n) is 4.28. The van der Waals surface area contributed by atoms with E-state index in [0.29, 0.717) is 12.5 Å². The minimum absolute atomic E-state index is 0.160. The van der Waals surface area contributed by atoms with Crippen LogP contribution in [0.3, 0.4) is 0 Å². The zero-order valence-electron chi connectivity index (χ0n) is 10.7. The lowest BCUT2D eigenvalue weighted by molar-refractivity contribution is -0.119. The molecule has 1 unspecified atom stereocenters. The first-order chi connectivity index (χ1) is 8.20. The molecule has 2 rings (SSSR count). The largest absolute Gasteiger partial charge is 0.352 e. The molecule has 0 aromatic heterocycles. The van der Waals surface area contributed by atoms with Gasteiger partial charge in [0.25, 0.3) is 0 Å². The van der Waals surface area contributed by atoms with Crippen LogP contribution in [0.2, 0.25) is 0 Å². The van der Waals surface area contributed by atoms with Crippen LogP contribution in [0.25, 0.3) is 0 Å². The van der Waals surface area contributed by atoms with Gasteiger partial charge in [0, 0.05) is 12.5 Å². The smallest absolute Gasteiger partial charge is 0.220 e. The van der Waals surface area contributed by atoms with Crippen molar-refractivity contribution in [3.05, 3.63) is 35.9 Å². The van der Waals surface area contributed by atoms with Gasteiger partial charge in [0.15, 0.2) is 0 Å². The van der Waals surface area contributed by atoms with E-state index in [1.54, 1.807) is 0 Å². The van der Waals surface area contributed by atoms with Gasteiger partial charge in [-0.05, 0) is 30.2 Å². The first-order valence-corrected chi connectivity index (χ1v) is 6.53. The summed E-state index contributed by atoms with van der Waals surface area (Å²) in [4.78, 5) is 11.7. The van der Waals surface area contributed by atoms with Crippen LogP contribution in [0.15, 0.2) is 30.3 Å². The van der Waals surface area contributed by atoms with Gasteiger partial charge in [0.05, 0.1) is 0 Å². The fourth-order valence-corrected chi connectivity index (χ4v) is 2.95. The molecule has 0 radical (unpaired) electrons. The number of hydrogen-bond donors (Lipinski definition) is 1. The molecule has 1 amide bonds. The Bertz CT molecular complexity index is 381. The van der Waals surface area contributed by atoms with E-state index >= 15 is 0 Å². The molecule has 2 nitrogen and oxygen atoms in total. The van der Waals surface area contributed by atoms with Gasteiger partial charge < -0.3 is 5.32 Å². The third kappa shape index (κ3) is 2.36. The van der Waals surface area contributed by atoms with Crippen LogP contribution < -0.4 is 5.32 Å². The van der Waals surface area contributed by atoms with Gasteiger partial charge >= 0.3 is 0 Å². The van der Waals surface area contributed by atoms with E-state index in [1.807, 2.05) is 6.07 Å². The SMILES string of the molecule is CCC1(CC)CC(=O)NC1Cc1ccccc1. The van der Waals surface area contributed by atoms with Gasteiger partial charge in [-0.3, -0.25) is 4.79 Å². The number of hydrogen-bond acceptors (Lipinski definition) is 1. The van der Waals surface area contributed by atoms with Gasteiger partial charge in [0.1, 0.15) is 0 Å². The van der Waals surface area contributed by atoms with Crippen LogP contribution in [0.1, 0.15) is 38.7 Å². The van der Waals surface area contributed by atoms with E-state index in [4.69, 9.17) is 0 Å². The highest BCUT2D eigenvalue weighted by Crippen LogP contribution is 2.40. The molecule has 0 spiro atoms. The van der Waals surface area contributed by atoms with E-state index in [9.17, 15) is 4.79 Å². The van der Waals surface area contributed by atoms with Crippen LogP contribution in [0, 0.1) is 5.41 Å². The second kappa shape index (κ2) is 4.91. The van der Waals surface area contributed by atoms with Crippen LogP contribution in [-0.2, 0) is 11.2 Å². The third-order valence-corrected chi connectivity index (χ3v) is 4.28. The van der Waals surface area contributed by atoms with Crippen molar-refractivity contribution < 1.29 is 4.79 Å². The van der Waals surface area contributed by atoms with E-state index in [0.717, 1.165) is 19.3 Å². The van der Waals surface area contributed by atoms with E-state index in [2.05, 4.69) is 43.4 Å². The van der Waals surface area contributed by atoms with Crippen molar-refractivity contribution in [1.82, 2.24) is 5.32 Å². The standard InChI is InChI=1S/C15H21NO/c1-3-15(4-2)11-14(17)16-13(15)10-12-8-6-5-7-9-12/h5-9,13H,3-4,10-11H2,1-2H3,(H,16,17). The molecule has 1 fully saturated rings. The summed E-state index contributed by atoms with van der Waals surface area (Å²) in [5.74, 6) is 0.217. The molecular weight excluding hydrogens is 210 g/mol. The highest BCUT2D eigenvalue weighted by Gasteiger charge is 2.43. The average Bonchev–Trinajstić information content (AvgIpc) is 2.67. The predicted molar refractivity (Wildman–Crippen MR) is 69.7 cm³/mol. The Kier molecular flexibility index (Phi) is 3.51. The Morgan fingerprint density at radius 2 is 1.88 bits per heavy atom. The van der Waals surface area contributed by atoms with Gasteiger partial charge in [-0.25, -0.2) is 0 Å². The number of nitrogens with one attached hydrogen (secondary N) is 1. The normalized spacial score (nSPS) is 22.5. The van der Waals surface area contributed by atoms with Crippen molar-refractivity contribution in [3.8, 4) is 0 Å². The molecule has 0 saturated carbocycles. The van der Waals surface area contributed by atoms with Crippen molar-refractivity contribution in [2.75, 3.05) is 0 Å². The molecule has 1 aliphatic heterocycles. The maximum absolute atomic E-state index is 11.7. The van der Waals surface area contributed by atoms with Crippen LogP contribution in [0.4, 0.5) is 0 Å². The Labute approximate surface area is 103 Å². The number of carbonyl (C=O) groups is 1. The molecule has 17 heavy (non-hydrogen) atoms. The van der Waals surface area contributed by atoms with Crippen LogP contribution >= 0.6 is 0 Å². The minimum Gasteiger partial charge on any atom is -0.352 e. The summed E-state index contributed by atoms with van der Waals surface area (Å²) in [7, 11) is 0. The van der Waals surface area contributed by atoms with Gasteiger partial charge in [-0.15, -0.1) is 0 Å². The molecule has 1 aromatic carbocycles. The summed E-state index contributed by atoms with van der Waals surface area (Å²) < 4.78 is 0. The summed E-state index contributed by atoms with van der Waals surface area (Å²) in [5.41, 5.74) is 1.47. The highest BCUT2D eigenvalue weighted by molar-refractivity contribution is 5.80. The fraction of sp³-hybridized carbons (Fsp3) is 0.533. The van der Waals surface area contributed by atoms with Crippen molar-refractivity contribution in [2.45, 2.75) is 45.6 Å². The molecule has 2 heteroatoms. The molecule has 92 valence electrons. The lowest BCUT2D eigenvalue weighted by Crippen LogP contribution is -2.38. The summed E-state index contributed by atoms with van der Waals surface area (Å²) in [6.07, 6.45) is 3.78. The zero-order chi connectivity index (χ0) is 12.3. The molecular formula is C15H21NO. The van der Waals surface area contributed by atoms with Gasteiger partial charge in [0.2, 0.25) is 5.91 Å². The maximum atomic E-state index is 11.7. The van der Waals surface area contributed by atoms with E-state index in [-0.39, 0.29) is 11.3 Å². The van der Waals surface area contributed by atoms with Gasteiger partial charge in [-0.2, -0.15) is 0 Å². The Balaban J connectivity index is 2.16. The van der Waals surface area contributed by atoms with E-state index < -0.39 is 0 Å². The molecule has 0 bridgehead atoms.